The Hall–Kier alpha value is -4.13. The number of benzene rings is 2. The molecule has 4 rings (SSSR count). The van der Waals surface area contributed by atoms with E-state index in [-0.39, 0.29) is 11.8 Å². The second-order valence-electron chi connectivity index (χ2n) is 7.49. The van der Waals surface area contributed by atoms with Gasteiger partial charge in [0.25, 0.3) is 5.91 Å². The predicted molar refractivity (Wildman–Crippen MR) is 122 cm³/mol. The number of hydrogen-bond acceptors (Lipinski definition) is 4. The molecule has 0 saturated carbocycles. The highest BCUT2D eigenvalue weighted by atomic mass is 16.3. The summed E-state index contributed by atoms with van der Waals surface area (Å²) in [5, 5.41) is 2.87. The average molecular weight is 428 g/mol. The minimum absolute atomic E-state index is 0.130. The average Bonchev–Trinajstić information content (AvgIpc) is 3.51. The zero-order valence-corrected chi connectivity index (χ0v) is 17.8. The van der Waals surface area contributed by atoms with Crippen LogP contribution in [0, 0.1) is 6.92 Å². The summed E-state index contributed by atoms with van der Waals surface area (Å²) >= 11 is 0. The van der Waals surface area contributed by atoms with Crippen molar-refractivity contribution in [2.75, 3.05) is 10.2 Å². The van der Waals surface area contributed by atoms with E-state index in [1.54, 1.807) is 54.0 Å². The molecule has 2 heterocycles. The summed E-state index contributed by atoms with van der Waals surface area (Å²) in [7, 11) is 0. The lowest BCUT2D eigenvalue weighted by atomic mass is 10.1. The number of anilines is 2. The molecule has 32 heavy (non-hydrogen) atoms. The van der Waals surface area contributed by atoms with Crippen LogP contribution < -0.4 is 10.2 Å². The third-order valence-corrected chi connectivity index (χ3v) is 5.03. The number of carbonyl (C=O) groups excluding carboxylic acids is 2. The normalized spacial score (nSPS) is 10.7. The molecule has 0 unspecified atom stereocenters. The van der Waals surface area contributed by atoms with Crippen LogP contribution in [0.4, 0.5) is 11.4 Å². The summed E-state index contributed by atoms with van der Waals surface area (Å²) in [5.74, 6) is 0.372. The number of carbonyl (C=O) groups is 2. The van der Waals surface area contributed by atoms with Crippen LogP contribution in [0.5, 0.6) is 0 Å². The molecule has 0 saturated heterocycles. The molecule has 0 radical (unpaired) electrons. The SMILES string of the molecule is Cc1ccc(N(Cc2ccco2)C(=O)c2cccc(NC(=O)CCn3ccnc3)c2)cc1. The molecule has 0 atom stereocenters. The van der Waals surface area contributed by atoms with Gasteiger partial charge in [-0.3, -0.25) is 9.59 Å². The van der Waals surface area contributed by atoms with E-state index in [0.29, 0.717) is 36.5 Å². The first-order chi connectivity index (χ1) is 15.6. The van der Waals surface area contributed by atoms with Crippen LogP contribution in [-0.4, -0.2) is 21.4 Å². The first kappa shape index (κ1) is 21.1. The lowest BCUT2D eigenvalue weighted by molar-refractivity contribution is -0.116. The van der Waals surface area contributed by atoms with Crippen LogP contribution in [0.2, 0.25) is 0 Å². The van der Waals surface area contributed by atoms with E-state index in [0.717, 1.165) is 11.3 Å². The maximum Gasteiger partial charge on any atom is 0.258 e. The maximum absolute atomic E-state index is 13.4. The van der Waals surface area contributed by atoms with E-state index in [9.17, 15) is 9.59 Å². The Kier molecular flexibility index (Phi) is 6.46. The van der Waals surface area contributed by atoms with E-state index in [1.807, 2.05) is 48.0 Å². The molecule has 7 nitrogen and oxygen atoms in total. The van der Waals surface area contributed by atoms with Crippen LogP contribution in [-0.2, 0) is 17.9 Å². The standard InChI is InChI=1S/C25H24N4O3/c1-19-7-9-22(10-8-19)29(17-23-6-3-15-32-23)25(31)20-4-2-5-21(16-20)27-24(30)11-13-28-14-12-26-18-28/h2-10,12,14-16,18H,11,13,17H2,1H3,(H,27,30). The van der Waals surface area contributed by atoms with Gasteiger partial charge >= 0.3 is 0 Å². The number of imidazole rings is 1. The molecular weight excluding hydrogens is 404 g/mol. The van der Waals surface area contributed by atoms with Gasteiger partial charge in [-0.05, 0) is 49.4 Å². The third kappa shape index (κ3) is 5.31. The van der Waals surface area contributed by atoms with E-state index >= 15 is 0 Å². The second kappa shape index (κ2) is 9.78. The minimum Gasteiger partial charge on any atom is -0.467 e. The quantitative estimate of drug-likeness (QED) is 0.443. The first-order valence-electron chi connectivity index (χ1n) is 10.3. The Balaban J connectivity index is 1.50. The van der Waals surface area contributed by atoms with Crippen LogP contribution in [0.15, 0.2) is 90.1 Å². The molecule has 0 spiro atoms. The van der Waals surface area contributed by atoms with Gasteiger partial charge in [-0.25, -0.2) is 4.98 Å². The highest BCUT2D eigenvalue weighted by Crippen LogP contribution is 2.22. The van der Waals surface area contributed by atoms with Gasteiger partial charge in [0.2, 0.25) is 5.91 Å². The molecule has 4 aromatic rings. The summed E-state index contributed by atoms with van der Waals surface area (Å²) < 4.78 is 7.31. The third-order valence-electron chi connectivity index (χ3n) is 5.03. The van der Waals surface area contributed by atoms with Crippen molar-refractivity contribution in [2.24, 2.45) is 0 Å². The van der Waals surface area contributed by atoms with Crippen LogP contribution in [0.1, 0.15) is 28.1 Å². The van der Waals surface area contributed by atoms with Crippen molar-refractivity contribution in [2.45, 2.75) is 26.4 Å². The van der Waals surface area contributed by atoms with Gasteiger partial charge in [0.05, 0.1) is 19.1 Å². The molecular formula is C25H24N4O3. The first-order valence-corrected chi connectivity index (χ1v) is 10.3. The molecule has 162 valence electrons. The van der Waals surface area contributed by atoms with Crippen molar-refractivity contribution < 1.29 is 14.0 Å². The van der Waals surface area contributed by atoms with Crippen LogP contribution >= 0.6 is 0 Å². The van der Waals surface area contributed by atoms with Crippen LogP contribution in [0.3, 0.4) is 0 Å². The van der Waals surface area contributed by atoms with Gasteiger partial charge in [0.1, 0.15) is 5.76 Å². The van der Waals surface area contributed by atoms with Crippen molar-refractivity contribution in [3.05, 3.63) is 103 Å². The summed E-state index contributed by atoms with van der Waals surface area (Å²) in [5.41, 5.74) is 2.93. The number of furan rings is 1. The van der Waals surface area contributed by atoms with Crippen molar-refractivity contribution in [3.8, 4) is 0 Å². The fourth-order valence-electron chi connectivity index (χ4n) is 3.32. The molecule has 0 aliphatic heterocycles. The Labute approximate surface area is 186 Å². The summed E-state index contributed by atoms with van der Waals surface area (Å²) in [6.45, 7) is 2.84. The monoisotopic (exact) mass is 428 g/mol. The van der Waals surface area contributed by atoms with Gasteiger partial charge in [-0.2, -0.15) is 0 Å². The van der Waals surface area contributed by atoms with Gasteiger partial charge in [-0.15, -0.1) is 0 Å². The maximum atomic E-state index is 13.4. The van der Waals surface area contributed by atoms with Gasteiger partial charge in [-0.1, -0.05) is 23.8 Å². The van der Waals surface area contributed by atoms with E-state index in [4.69, 9.17) is 4.42 Å². The minimum atomic E-state index is -0.181. The van der Waals surface area contributed by atoms with Gasteiger partial charge in [0, 0.05) is 42.3 Å². The Morgan fingerprint density at radius 1 is 1.09 bits per heavy atom. The molecule has 0 aliphatic rings. The number of aromatic nitrogens is 2. The fraction of sp³-hybridized carbons (Fsp3) is 0.160. The molecule has 7 heteroatoms. The van der Waals surface area contributed by atoms with Crippen molar-refractivity contribution in [1.82, 2.24) is 9.55 Å². The van der Waals surface area contributed by atoms with Crippen molar-refractivity contribution in [1.29, 1.82) is 0 Å². The number of aryl methyl sites for hydroxylation is 2. The molecule has 2 aromatic heterocycles. The highest BCUT2D eigenvalue weighted by Gasteiger charge is 2.20. The largest absolute Gasteiger partial charge is 0.467 e. The number of hydrogen-bond donors (Lipinski definition) is 1. The van der Waals surface area contributed by atoms with Crippen molar-refractivity contribution in [3.63, 3.8) is 0 Å². The van der Waals surface area contributed by atoms with E-state index < -0.39 is 0 Å². The second-order valence-corrected chi connectivity index (χ2v) is 7.49. The highest BCUT2D eigenvalue weighted by molar-refractivity contribution is 6.07. The summed E-state index contributed by atoms with van der Waals surface area (Å²) in [4.78, 5) is 31.4. The summed E-state index contributed by atoms with van der Waals surface area (Å²) in [6, 6.07) is 18.4. The van der Waals surface area contributed by atoms with Crippen molar-refractivity contribution >= 4 is 23.2 Å². The number of nitrogens with one attached hydrogen (secondary N) is 1. The van der Waals surface area contributed by atoms with Crippen LogP contribution in [0.25, 0.3) is 0 Å². The Morgan fingerprint density at radius 2 is 1.94 bits per heavy atom. The Morgan fingerprint density at radius 3 is 2.66 bits per heavy atom. The molecule has 0 fully saturated rings. The Bertz CT molecular complexity index is 1170. The predicted octanol–water partition coefficient (Wildman–Crippen LogP) is 4.66. The van der Waals surface area contributed by atoms with Gasteiger partial charge < -0.3 is 19.2 Å². The van der Waals surface area contributed by atoms with E-state index in [1.165, 1.54) is 0 Å². The lowest BCUT2D eigenvalue weighted by Crippen LogP contribution is -2.30. The smallest absolute Gasteiger partial charge is 0.258 e. The van der Waals surface area contributed by atoms with Gasteiger partial charge in [0.15, 0.2) is 0 Å². The fourth-order valence-corrected chi connectivity index (χ4v) is 3.32. The topological polar surface area (TPSA) is 80.4 Å². The number of nitrogens with zero attached hydrogens (tertiary/aromatic N) is 3. The lowest BCUT2D eigenvalue weighted by Gasteiger charge is -2.22. The molecule has 0 aliphatic carbocycles. The molecule has 0 bridgehead atoms. The zero-order chi connectivity index (χ0) is 22.3. The molecule has 1 N–H and O–H groups in total. The number of rotatable bonds is 8. The number of amides is 2. The molecule has 2 amide bonds. The zero-order valence-electron chi connectivity index (χ0n) is 17.8. The molecule has 2 aromatic carbocycles. The van der Waals surface area contributed by atoms with E-state index in [2.05, 4.69) is 10.3 Å². The summed E-state index contributed by atoms with van der Waals surface area (Å²) in [6.07, 6.45) is 7.06.